The summed E-state index contributed by atoms with van der Waals surface area (Å²) >= 11 is 0. The lowest BCUT2D eigenvalue weighted by Gasteiger charge is -2.46. The average molecular weight is 1390 g/mol. The summed E-state index contributed by atoms with van der Waals surface area (Å²) in [4.78, 5) is 13.4. The van der Waals surface area contributed by atoms with Crippen LogP contribution in [-0.4, -0.2) is 140 Å². The molecule has 0 saturated carbocycles. The largest absolute Gasteiger partial charge is 0.394 e. The molecule has 12 unspecified atom stereocenters. The van der Waals surface area contributed by atoms with Crippen LogP contribution in [0.1, 0.15) is 373 Å². The van der Waals surface area contributed by atoms with Gasteiger partial charge in [-0.1, -0.05) is 357 Å². The molecule has 2 rings (SSSR count). The third-order valence-corrected chi connectivity index (χ3v) is 20.2. The zero-order valence-corrected chi connectivity index (χ0v) is 63.0. The van der Waals surface area contributed by atoms with E-state index in [0.29, 0.717) is 12.8 Å². The average Bonchev–Trinajstić information content (AvgIpc) is 0.793. The molecule has 0 bridgehead atoms. The highest BCUT2D eigenvalue weighted by Crippen LogP contribution is 2.30. The first-order chi connectivity index (χ1) is 48.1. The molecule has 14 nitrogen and oxygen atoms in total. The maximum atomic E-state index is 13.4. The van der Waals surface area contributed by atoms with E-state index in [2.05, 4.69) is 67.8 Å². The summed E-state index contributed by atoms with van der Waals surface area (Å²) < 4.78 is 22.9. The molecule has 0 spiro atoms. The van der Waals surface area contributed by atoms with Crippen LogP contribution in [0.4, 0.5) is 0 Å². The smallest absolute Gasteiger partial charge is 0.220 e. The molecule has 2 aliphatic rings. The Morgan fingerprint density at radius 1 is 0.367 bits per heavy atom. The molecule has 14 heteroatoms. The highest BCUT2D eigenvalue weighted by atomic mass is 16.7. The number of hydrogen-bond donors (Lipinski definition) is 9. The monoisotopic (exact) mass is 1390 g/mol. The molecule has 2 fully saturated rings. The zero-order valence-electron chi connectivity index (χ0n) is 63.0. The van der Waals surface area contributed by atoms with Crippen LogP contribution in [0.15, 0.2) is 60.8 Å². The maximum Gasteiger partial charge on any atom is 0.220 e. The number of aliphatic hydroxyl groups excluding tert-OH is 8. The first kappa shape index (κ1) is 91.8. The summed E-state index contributed by atoms with van der Waals surface area (Å²) in [5.74, 6) is -0.243. The van der Waals surface area contributed by atoms with Crippen LogP contribution in [0.25, 0.3) is 0 Å². The summed E-state index contributed by atoms with van der Waals surface area (Å²) in [6.07, 6.45) is 76.0. The van der Waals surface area contributed by atoms with Crippen molar-refractivity contribution in [3.63, 3.8) is 0 Å². The molecule has 2 heterocycles. The van der Waals surface area contributed by atoms with Crippen LogP contribution < -0.4 is 5.32 Å². The number of allylic oxidation sites excluding steroid dienone is 9. The van der Waals surface area contributed by atoms with E-state index in [9.17, 15) is 45.6 Å². The molecule has 2 aliphatic heterocycles. The van der Waals surface area contributed by atoms with E-state index in [-0.39, 0.29) is 18.9 Å². The number of carbonyl (C=O) groups is 1. The van der Waals surface area contributed by atoms with Gasteiger partial charge in [-0.25, -0.2) is 0 Å². The van der Waals surface area contributed by atoms with Crippen molar-refractivity contribution < 1.29 is 64.6 Å². The summed E-state index contributed by atoms with van der Waals surface area (Å²) in [6, 6.07) is -0.934. The Kier molecular flexibility index (Phi) is 63.5. The second-order valence-electron chi connectivity index (χ2n) is 29.2. The Bertz CT molecular complexity index is 1880. The van der Waals surface area contributed by atoms with Gasteiger partial charge < -0.3 is 65.1 Å². The predicted molar refractivity (Wildman–Crippen MR) is 406 cm³/mol. The molecular formula is C84H155NO13. The van der Waals surface area contributed by atoms with Crippen LogP contribution in [0.2, 0.25) is 0 Å². The van der Waals surface area contributed by atoms with E-state index in [1.165, 1.54) is 295 Å². The Labute approximate surface area is 600 Å². The van der Waals surface area contributed by atoms with Gasteiger partial charge in [0.15, 0.2) is 12.6 Å². The number of rotatable bonds is 70. The minimum Gasteiger partial charge on any atom is -0.394 e. The van der Waals surface area contributed by atoms with E-state index in [1.807, 2.05) is 6.08 Å². The minimum absolute atomic E-state index is 0.243. The fourth-order valence-electron chi connectivity index (χ4n) is 13.6. The van der Waals surface area contributed by atoms with Gasteiger partial charge in [0.1, 0.15) is 48.8 Å². The van der Waals surface area contributed by atoms with Gasteiger partial charge in [0, 0.05) is 6.42 Å². The fraction of sp³-hybridized carbons (Fsp3) is 0.869. The highest BCUT2D eigenvalue weighted by molar-refractivity contribution is 5.76. The molecule has 0 aromatic heterocycles. The van der Waals surface area contributed by atoms with E-state index < -0.39 is 86.8 Å². The molecule has 1 amide bonds. The topological polar surface area (TPSA) is 228 Å². The molecule has 12 atom stereocenters. The van der Waals surface area contributed by atoms with Crippen molar-refractivity contribution in [1.82, 2.24) is 5.32 Å². The third-order valence-electron chi connectivity index (χ3n) is 20.2. The van der Waals surface area contributed by atoms with Crippen molar-refractivity contribution >= 4 is 5.91 Å². The molecule has 0 aromatic carbocycles. The number of ether oxygens (including phenoxy) is 4. The van der Waals surface area contributed by atoms with E-state index >= 15 is 0 Å². The van der Waals surface area contributed by atoms with Gasteiger partial charge in [-0.3, -0.25) is 4.79 Å². The zero-order chi connectivity index (χ0) is 70.8. The second-order valence-corrected chi connectivity index (χ2v) is 29.2. The van der Waals surface area contributed by atoms with Gasteiger partial charge in [0.25, 0.3) is 0 Å². The SMILES string of the molecule is CCCCCCC/C=C\C/C=C\C/C=C\CCCCCCCCCCCCCCCCCCCCCCCCC(=O)NC(COC1OC(CO)C(OC2OC(CO)C(O)C(O)C2O)C(O)C1O)C(O)/C=C/CC/C=C/CCCCCCCCCCCCCCCCCCCCCCC. The molecule has 0 radical (unpaired) electrons. The van der Waals surface area contributed by atoms with Crippen LogP contribution in [0, 0.1) is 0 Å². The summed E-state index contributed by atoms with van der Waals surface area (Å²) in [5, 5.41) is 87.7. The summed E-state index contributed by atoms with van der Waals surface area (Å²) in [5.41, 5.74) is 0. The standard InChI is InChI=1S/C84H155NO13/c1-3-5-7-9-11-13-15-17-19-21-23-25-27-29-31-32-33-34-35-36-37-38-39-40-42-44-46-48-50-52-54-56-58-60-62-64-66-68-76(89)85-72(71-95-83-81(94)79(92)82(75(70-87)97-83)98-84-80(93)78(91)77(90)74(69-86)96-84)73(88)67-65-63-61-59-57-55-53-51-49-47-45-43-41-30-28-26-24-22-20-18-16-14-12-10-8-6-4-2/h15,17,21,23,27,29,57,59,65,67,72-75,77-84,86-88,90-94H,3-14,16,18-20,22,24-26,28,30-56,58,60-64,66,68-71H2,1-2H3,(H,85,89)/b17-15-,23-21-,29-27-,59-57+,67-65+. The molecule has 0 aromatic rings. The summed E-state index contributed by atoms with van der Waals surface area (Å²) in [7, 11) is 0. The molecule has 0 aliphatic carbocycles. The lowest BCUT2D eigenvalue weighted by molar-refractivity contribution is -0.359. The molecule has 98 heavy (non-hydrogen) atoms. The van der Waals surface area contributed by atoms with Crippen molar-refractivity contribution in [2.24, 2.45) is 0 Å². The van der Waals surface area contributed by atoms with Gasteiger partial charge in [0.2, 0.25) is 5.91 Å². The normalized spacial score (nSPS) is 22.3. The minimum atomic E-state index is -1.79. The van der Waals surface area contributed by atoms with Gasteiger partial charge in [-0.15, -0.1) is 0 Å². The molecule has 2 saturated heterocycles. The lowest BCUT2D eigenvalue weighted by Crippen LogP contribution is -2.65. The van der Waals surface area contributed by atoms with Crippen LogP contribution in [0.3, 0.4) is 0 Å². The lowest BCUT2D eigenvalue weighted by atomic mass is 9.97. The predicted octanol–water partition coefficient (Wildman–Crippen LogP) is 19.1. The Hall–Kier alpha value is -2.31. The van der Waals surface area contributed by atoms with Crippen LogP contribution in [-0.2, 0) is 23.7 Å². The van der Waals surface area contributed by atoms with Crippen molar-refractivity contribution in [1.29, 1.82) is 0 Å². The van der Waals surface area contributed by atoms with Crippen LogP contribution >= 0.6 is 0 Å². The number of hydrogen-bond acceptors (Lipinski definition) is 13. The quantitative estimate of drug-likeness (QED) is 0.0204. The molecule has 574 valence electrons. The van der Waals surface area contributed by atoms with Crippen molar-refractivity contribution in [3.8, 4) is 0 Å². The first-order valence-electron chi connectivity index (χ1n) is 41.5. The Morgan fingerprint density at radius 3 is 1.07 bits per heavy atom. The van der Waals surface area contributed by atoms with Crippen molar-refractivity contribution in [3.05, 3.63) is 60.8 Å². The number of amides is 1. The molecule has 9 N–H and O–H groups in total. The van der Waals surface area contributed by atoms with Gasteiger partial charge in [0.05, 0.1) is 32.0 Å². The summed E-state index contributed by atoms with van der Waals surface area (Å²) in [6.45, 7) is 2.83. The van der Waals surface area contributed by atoms with Gasteiger partial charge in [-0.2, -0.15) is 0 Å². The van der Waals surface area contributed by atoms with Gasteiger partial charge in [-0.05, 0) is 70.6 Å². The molecular weight excluding hydrogens is 1230 g/mol. The van der Waals surface area contributed by atoms with Gasteiger partial charge >= 0.3 is 0 Å². The number of unbranched alkanes of at least 4 members (excludes halogenated alkanes) is 49. The highest BCUT2D eigenvalue weighted by Gasteiger charge is 2.51. The third kappa shape index (κ3) is 50.2. The number of nitrogens with one attached hydrogen (secondary N) is 1. The van der Waals surface area contributed by atoms with E-state index in [1.54, 1.807) is 6.08 Å². The van der Waals surface area contributed by atoms with Crippen molar-refractivity contribution in [2.75, 3.05) is 19.8 Å². The van der Waals surface area contributed by atoms with Crippen LogP contribution in [0.5, 0.6) is 0 Å². The first-order valence-corrected chi connectivity index (χ1v) is 41.5. The number of aliphatic hydroxyl groups is 8. The van der Waals surface area contributed by atoms with Crippen molar-refractivity contribution in [2.45, 2.75) is 447 Å². The van der Waals surface area contributed by atoms with E-state index in [4.69, 9.17) is 18.9 Å². The maximum absolute atomic E-state index is 13.4. The van der Waals surface area contributed by atoms with E-state index in [0.717, 1.165) is 44.9 Å². The Morgan fingerprint density at radius 2 is 0.684 bits per heavy atom. The number of carbonyl (C=O) groups excluding carboxylic acids is 1. The Balaban J connectivity index is 1.60. The second kappa shape index (κ2) is 67.8. The fourth-order valence-corrected chi connectivity index (χ4v) is 13.6.